The maximum atomic E-state index is 14.1. The van der Waals surface area contributed by atoms with E-state index >= 15 is 0 Å². The van der Waals surface area contributed by atoms with Crippen LogP contribution in [0.5, 0.6) is 5.75 Å². The number of ether oxygens (including phenoxy) is 1. The molecule has 0 aromatic heterocycles. The number of carboxylic acid groups (broad SMARTS) is 1. The van der Waals surface area contributed by atoms with E-state index in [0.717, 1.165) is 12.8 Å². The van der Waals surface area contributed by atoms with E-state index in [2.05, 4.69) is 0 Å². The minimum absolute atomic E-state index is 0.0328. The van der Waals surface area contributed by atoms with Crippen molar-refractivity contribution in [2.45, 2.75) is 31.8 Å². The van der Waals surface area contributed by atoms with Gasteiger partial charge in [0.15, 0.2) is 11.6 Å². The molecule has 0 aliphatic heterocycles. The van der Waals surface area contributed by atoms with Crippen molar-refractivity contribution in [3.05, 3.63) is 29.6 Å². The van der Waals surface area contributed by atoms with Gasteiger partial charge in [0.2, 0.25) is 0 Å². The van der Waals surface area contributed by atoms with Crippen LogP contribution in [0.3, 0.4) is 0 Å². The van der Waals surface area contributed by atoms with E-state index < -0.39 is 23.7 Å². The molecule has 1 aliphatic rings. The number of hydrogen-bond acceptors (Lipinski definition) is 3. The maximum Gasteiger partial charge on any atom is 0.326 e. The van der Waals surface area contributed by atoms with Crippen molar-refractivity contribution in [3.63, 3.8) is 0 Å². The summed E-state index contributed by atoms with van der Waals surface area (Å²) in [4.78, 5) is 24.8. The van der Waals surface area contributed by atoms with Crippen LogP contribution in [0.15, 0.2) is 18.2 Å². The number of rotatable bonds is 5. The van der Waals surface area contributed by atoms with Crippen LogP contribution < -0.4 is 4.74 Å². The lowest BCUT2D eigenvalue weighted by Crippen LogP contribution is -2.45. The van der Waals surface area contributed by atoms with Crippen LogP contribution in [0.25, 0.3) is 0 Å². The number of methoxy groups -OCH3 is 1. The molecule has 0 radical (unpaired) electrons. The first-order valence-corrected chi connectivity index (χ1v) is 6.35. The predicted octanol–water partition coefficient (Wildman–Crippen LogP) is 1.91. The van der Waals surface area contributed by atoms with Gasteiger partial charge in [0.1, 0.15) is 6.04 Å². The number of amides is 1. The van der Waals surface area contributed by atoms with Gasteiger partial charge in [-0.05, 0) is 31.9 Å². The van der Waals surface area contributed by atoms with Gasteiger partial charge < -0.3 is 14.7 Å². The molecular formula is C14H16FNO4. The number of nitrogens with zero attached hydrogens (tertiary/aromatic N) is 1. The van der Waals surface area contributed by atoms with Crippen LogP contribution in [0.1, 0.15) is 30.1 Å². The number of aliphatic carboxylic acids is 1. The lowest BCUT2D eigenvalue weighted by Gasteiger charge is -2.26. The van der Waals surface area contributed by atoms with Gasteiger partial charge in [-0.2, -0.15) is 0 Å². The molecule has 0 bridgehead atoms. The highest BCUT2D eigenvalue weighted by molar-refractivity contribution is 5.97. The normalized spacial score (nSPS) is 15.6. The fourth-order valence-corrected chi connectivity index (χ4v) is 2.10. The smallest absolute Gasteiger partial charge is 0.326 e. The SMILES string of the molecule is COc1cccc(C(=O)N(C2CC2)C(C)C(=O)O)c1F. The second kappa shape index (κ2) is 5.48. The minimum atomic E-state index is -1.10. The van der Waals surface area contributed by atoms with E-state index in [4.69, 9.17) is 9.84 Å². The lowest BCUT2D eigenvalue weighted by molar-refractivity contribution is -0.141. The monoisotopic (exact) mass is 281 g/mol. The third kappa shape index (κ3) is 2.59. The summed E-state index contributed by atoms with van der Waals surface area (Å²) in [5, 5.41) is 9.08. The molecule has 1 aromatic carbocycles. The Bertz CT molecular complexity index is 542. The molecule has 2 rings (SSSR count). The van der Waals surface area contributed by atoms with E-state index in [-0.39, 0.29) is 17.4 Å². The van der Waals surface area contributed by atoms with Crippen molar-refractivity contribution in [1.82, 2.24) is 4.90 Å². The Balaban J connectivity index is 2.35. The standard InChI is InChI=1S/C14H16FNO4/c1-8(14(18)19)16(9-6-7-9)13(17)10-4-3-5-11(20-2)12(10)15/h3-5,8-9H,6-7H2,1-2H3,(H,18,19). The van der Waals surface area contributed by atoms with Gasteiger partial charge in [-0.1, -0.05) is 6.07 Å². The van der Waals surface area contributed by atoms with Crippen LogP contribution in [-0.4, -0.2) is 41.1 Å². The number of hydrogen-bond donors (Lipinski definition) is 1. The summed E-state index contributed by atoms with van der Waals surface area (Å²) in [5.41, 5.74) is -0.163. The quantitative estimate of drug-likeness (QED) is 0.895. The molecule has 20 heavy (non-hydrogen) atoms. The molecule has 1 aliphatic carbocycles. The van der Waals surface area contributed by atoms with Gasteiger partial charge in [-0.15, -0.1) is 0 Å². The molecule has 1 saturated carbocycles. The van der Waals surface area contributed by atoms with Gasteiger partial charge >= 0.3 is 5.97 Å². The number of benzene rings is 1. The van der Waals surface area contributed by atoms with E-state index in [0.29, 0.717) is 0 Å². The number of carbonyl (C=O) groups excluding carboxylic acids is 1. The summed E-state index contributed by atoms with van der Waals surface area (Å²) >= 11 is 0. The molecule has 1 atom stereocenters. The number of halogens is 1. The molecule has 6 heteroatoms. The highest BCUT2D eigenvalue weighted by Crippen LogP contribution is 2.31. The zero-order chi connectivity index (χ0) is 14.9. The van der Waals surface area contributed by atoms with Crippen molar-refractivity contribution < 1.29 is 23.8 Å². The summed E-state index contributed by atoms with van der Waals surface area (Å²) in [6.45, 7) is 1.43. The van der Waals surface area contributed by atoms with Crippen LogP contribution in [0.2, 0.25) is 0 Å². The lowest BCUT2D eigenvalue weighted by atomic mass is 10.1. The molecule has 1 aromatic rings. The fourth-order valence-electron chi connectivity index (χ4n) is 2.10. The Morgan fingerprint density at radius 3 is 2.60 bits per heavy atom. The van der Waals surface area contributed by atoms with E-state index in [9.17, 15) is 14.0 Å². The maximum absolute atomic E-state index is 14.1. The Morgan fingerprint density at radius 2 is 2.10 bits per heavy atom. The third-order valence-corrected chi connectivity index (χ3v) is 3.36. The predicted molar refractivity (Wildman–Crippen MR) is 69.2 cm³/mol. The Labute approximate surface area is 116 Å². The molecule has 0 spiro atoms. The highest BCUT2D eigenvalue weighted by Gasteiger charge is 2.39. The Kier molecular flexibility index (Phi) is 3.92. The summed E-state index contributed by atoms with van der Waals surface area (Å²) in [6.07, 6.45) is 1.49. The number of carboxylic acids is 1. The zero-order valence-electron chi connectivity index (χ0n) is 11.3. The van der Waals surface area contributed by atoms with E-state index in [1.54, 1.807) is 0 Å². The summed E-state index contributed by atoms with van der Waals surface area (Å²) in [6, 6.07) is 3.14. The first-order valence-electron chi connectivity index (χ1n) is 6.35. The Morgan fingerprint density at radius 1 is 1.45 bits per heavy atom. The second-order valence-electron chi connectivity index (χ2n) is 4.78. The molecule has 1 amide bonds. The molecule has 1 N–H and O–H groups in total. The minimum Gasteiger partial charge on any atom is -0.494 e. The van der Waals surface area contributed by atoms with Gasteiger partial charge in [0.05, 0.1) is 12.7 Å². The number of carbonyl (C=O) groups is 2. The van der Waals surface area contributed by atoms with Gasteiger partial charge in [0, 0.05) is 6.04 Å². The van der Waals surface area contributed by atoms with Crippen LogP contribution >= 0.6 is 0 Å². The topological polar surface area (TPSA) is 66.8 Å². The average Bonchev–Trinajstić information content (AvgIpc) is 3.23. The first kappa shape index (κ1) is 14.3. The van der Waals surface area contributed by atoms with E-state index in [1.165, 1.54) is 37.1 Å². The zero-order valence-corrected chi connectivity index (χ0v) is 11.3. The molecule has 0 heterocycles. The first-order chi connectivity index (χ1) is 9.47. The van der Waals surface area contributed by atoms with Crippen molar-refractivity contribution in [1.29, 1.82) is 0 Å². The van der Waals surface area contributed by atoms with Crippen molar-refractivity contribution in [3.8, 4) is 5.75 Å². The van der Waals surface area contributed by atoms with Crippen LogP contribution in [-0.2, 0) is 4.79 Å². The average molecular weight is 281 g/mol. The van der Waals surface area contributed by atoms with E-state index in [1.807, 2.05) is 0 Å². The van der Waals surface area contributed by atoms with Crippen LogP contribution in [0, 0.1) is 5.82 Å². The summed E-state index contributed by atoms with van der Waals surface area (Å²) in [7, 11) is 1.31. The molecule has 0 saturated heterocycles. The van der Waals surface area contributed by atoms with Crippen LogP contribution in [0.4, 0.5) is 4.39 Å². The van der Waals surface area contributed by atoms with Gasteiger partial charge in [-0.25, -0.2) is 9.18 Å². The summed E-state index contributed by atoms with van der Waals surface area (Å²) < 4.78 is 18.9. The second-order valence-corrected chi connectivity index (χ2v) is 4.78. The van der Waals surface area contributed by atoms with Crippen molar-refractivity contribution in [2.75, 3.05) is 7.11 Å². The largest absolute Gasteiger partial charge is 0.494 e. The molecular weight excluding hydrogens is 265 g/mol. The highest BCUT2D eigenvalue weighted by atomic mass is 19.1. The molecule has 108 valence electrons. The third-order valence-electron chi connectivity index (χ3n) is 3.36. The fraction of sp³-hybridized carbons (Fsp3) is 0.429. The summed E-state index contributed by atoms with van der Waals surface area (Å²) in [5.74, 6) is -2.51. The van der Waals surface area contributed by atoms with Crippen molar-refractivity contribution >= 4 is 11.9 Å². The molecule has 5 nitrogen and oxygen atoms in total. The Hall–Kier alpha value is -2.11. The van der Waals surface area contributed by atoms with Gasteiger partial charge in [0.25, 0.3) is 5.91 Å². The van der Waals surface area contributed by atoms with Crippen molar-refractivity contribution in [2.24, 2.45) is 0 Å². The molecule has 1 unspecified atom stereocenters. The van der Waals surface area contributed by atoms with Gasteiger partial charge in [-0.3, -0.25) is 4.79 Å². The molecule has 1 fully saturated rings.